The molecule has 0 aromatic carbocycles. The van der Waals surface area contributed by atoms with E-state index in [1.807, 2.05) is 20.8 Å². The van der Waals surface area contributed by atoms with Crippen LogP contribution in [0.2, 0.25) is 0 Å². The molecule has 2 N–H and O–H groups in total. The van der Waals surface area contributed by atoms with Crippen LogP contribution in [0.3, 0.4) is 0 Å². The van der Waals surface area contributed by atoms with E-state index in [9.17, 15) is 4.79 Å². The largest absolute Gasteiger partial charge is 0.479 e. The van der Waals surface area contributed by atoms with Gasteiger partial charge < -0.3 is 5.11 Å². The summed E-state index contributed by atoms with van der Waals surface area (Å²) < 4.78 is 0. The van der Waals surface area contributed by atoms with Crippen molar-refractivity contribution in [3.63, 3.8) is 0 Å². The van der Waals surface area contributed by atoms with Gasteiger partial charge in [0.1, 0.15) is 4.99 Å². The fourth-order valence-corrected chi connectivity index (χ4v) is 0.375. The quantitative estimate of drug-likeness (QED) is 0.514. The monoisotopic (exact) mass is 191 g/mol. The number of carbonyl (C=O) groups is 1. The summed E-state index contributed by atoms with van der Waals surface area (Å²) in [4.78, 5) is 15.1. The van der Waals surface area contributed by atoms with Crippen LogP contribution >= 0.6 is 12.2 Å². The highest BCUT2D eigenvalue weighted by Gasteiger charge is 2.16. The molecule has 0 unspecified atom stereocenters. The fourth-order valence-electron chi connectivity index (χ4n) is 0.316. The molecule has 0 bridgehead atoms. The van der Waals surface area contributed by atoms with Gasteiger partial charge in [-0.15, -0.1) is 0 Å². The number of aliphatic carboxylic acids is 1. The second-order valence-electron chi connectivity index (χ2n) is 3.36. The molecule has 0 saturated heterocycles. The molecule has 4 nitrogen and oxygen atoms in total. The van der Waals surface area contributed by atoms with Crippen LogP contribution in [0.4, 0.5) is 0 Å². The van der Waals surface area contributed by atoms with Crippen LogP contribution in [0, 0.1) is 5.41 Å². The van der Waals surface area contributed by atoms with Crippen molar-refractivity contribution in [1.29, 1.82) is 0 Å². The number of thiocarbonyl (C=S) groups is 1. The third-order valence-electron chi connectivity index (χ3n) is 1.04. The van der Waals surface area contributed by atoms with E-state index >= 15 is 0 Å². The molecule has 0 saturated carbocycles. The topological polar surface area (TPSA) is 58.6 Å². The lowest BCUT2D eigenvalue weighted by Gasteiger charge is -2.19. The molecule has 0 fully saturated rings. The molecular formula is C7H13NO3S. The SMILES string of the molecule is CC(C)(C)C(=S)NOCC(=O)O. The number of rotatable bonds is 3. The minimum absolute atomic E-state index is 0.201. The summed E-state index contributed by atoms with van der Waals surface area (Å²) >= 11 is 4.91. The van der Waals surface area contributed by atoms with E-state index in [2.05, 4.69) is 10.3 Å². The van der Waals surface area contributed by atoms with Gasteiger partial charge in [-0.05, 0) is 0 Å². The lowest BCUT2D eigenvalue weighted by molar-refractivity contribution is -0.143. The van der Waals surface area contributed by atoms with Gasteiger partial charge in [-0.25, -0.2) is 4.79 Å². The molecule has 0 rings (SSSR count). The zero-order valence-corrected chi connectivity index (χ0v) is 8.20. The minimum Gasteiger partial charge on any atom is -0.479 e. The number of hydroxylamine groups is 1. The molecular weight excluding hydrogens is 178 g/mol. The van der Waals surface area contributed by atoms with E-state index in [0.29, 0.717) is 4.99 Å². The Labute approximate surface area is 76.9 Å². The number of hydrogen-bond acceptors (Lipinski definition) is 3. The summed E-state index contributed by atoms with van der Waals surface area (Å²) in [5.41, 5.74) is 2.20. The fraction of sp³-hybridized carbons (Fsp3) is 0.714. The van der Waals surface area contributed by atoms with Gasteiger partial charge in [0.25, 0.3) is 0 Å². The summed E-state index contributed by atoms with van der Waals surface area (Å²) in [5, 5.41) is 8.22. The van der Waals surface area contributed by atoms with Crippen LogP contribution in [0.1, 0.15) is 20.8 Å². The Morgan fingerprint density at radius 3 is 2.42 bits per heavy atom. The Hall–Kier alpha value is -0.680. The Bertz CT molecular complexity index is 186. The van der Waals surface area contributed by atoms with Gasteiger partial charge >= 0.3 is 5.97 Å². The summed E-state index contributed by atoms with van der Waals surface area (Å²) in [7, 11) is 0. The van der Waals surface area contributed by atoms with Crippen molar-refractivity contribution < 1.29 is 14.7 Å². The zero-order valence-electron chi connectivity index (χ0n) is 7.38. The van der Waals surface area contributed by atoms with Crippen LogP contribution < -0.4 is 5.48 Å². The molecule has 70 valence electrons. The molecule has 0 aromatic rings. The highest BCUT2D eigenvalue weighted by atomic mass is 32.1. The third kappa shape index (κ3) is 5.03. The molecule has 0 aromatic heterocycles. The maximum absolute atomic E-state index is 10.0. The van der Waals surface area contributed by atoms with Crippen molar-refractivity contribution in [2.24, 2.45) is 5.41 Å². The first-order chi connectivity index (χ1) is 5.34. The smallest absolute Gasteiger partial charge is 0.332 e. The Morgan fingerprint density at radius 1 is 1.58 bits per heavy atom. The van der Waals surface area contributed by atoms with Crippen LogP contribution in [-0.2, 0) is 9.63 Å². The van der Waals surface area contributed by atoms with E-state index < -0.39 is 12.6 Å². The summed E-state index contributed by atoms with van der Waals surface area (Å²) in [6.07, 6.45) is 0. The zero-order chi connectivity index (χ0) is 9.78. The van der Waals surface area contributed by atoms with Crippen molar-refractivity contribution >= 4 is 23.2 Å². The van der Waals surface area contributed by atoms with Crippen molar-refractivity contribution in [3.05, 3.63) is 0 Å². The average Bonchev–Trinajstić information content (AvgIpc) is 1.84. The molecule has 0 radical (unpaired) electrons. The first-order valence-corrected chi connectivity index (χ1v) is 3.89. The predicted molar refractivity (Wildman–Crippen MR) is 48.8 cm³/mol. The van der Waals surface area contributed by atoms with Gasteiger partial charge in [0.2, 0.25) is 0 Å². The summed E-state index contributed by atoms with van der Waals surface area (Å²) in [6, 6.07) is 0. The molecule has 0 aliphatic heterocycles. The lowest BCUT2D eigenvalue weighted by atomic mass is 9.97. The Morgan fingerprint density at radius 2 is 2.08 bits per heavy atom. The lowest BCUT2D eigenvalue weighted by Crippen LogP contribution is -2.34. The highest BCUT2D eigenvalue weighted by Crippen LogP contribution is 2.13. The second-order valence-corrected chi connectivity index (χ2v) is 3.77. The predicted octanol–water partition coefficient (Wildman–Crippen LogP) is 0.966. The van der Waals surface area contributed by atoms with E-state index in [4.69, 9.17) is 17.3 Å². The van der Waals surface area contributed by atoms with Crippen LogP contribution in [0.25, 0.3) is 0 Å². The summed E-state index contributed by atoms with van der Waals surface area (Å²) in [6.45, 7) is 5.33. The molecule has 0 aliphatic carbocycles. The Kier molecular flexibility index (Phi) is 4.12. The van der Waals surface area contributed by atoms with E-state index in [-0.39, 0.29) is 5.41 Å². The number of hydrogen-bond donors (Lipinski definition) is 2. The molecule has 12 heavy (non-hydrogen) atoms. The second kappa shape index (κ2) is 4.37. The van der Waals surface area contributed by atoms with Crippen molar-refractivity contribution in [2.75, 3.05) is 6.61 Å². The molecule has 0 atom stereocenters. The van der Waals surface area contributed by atoms with Crippen LogP contribution in [0.5, 0.6) is 0 Å². The Balaban J connectivity index is 3.66. The van der Waals surface area contributed by atoms with Gasteiger partial charge in [-0.3, -0.25) is 10.3 Å². The number of carboxylic acid groups (broad SMARTS) is 1. The van der Waals surface area contributed by atoms with Crippen LogP contribution in [-0.4, -0.2) is 22.7 Å². The molecule has 0 spiro atoms. The van der Waals surface area contributed by atoms with Crippen molar-refractivity contribution in [2.45, 2.75) is 20.8 Å². The first-order valence-electron chi connectivity index (χ1n) is 3.48. The van der Waals surface area contributed by atoms with Crippen molar-refractivity contribution in [3.8, 4) is 0 Å². The van der Waals surface area contributed by atoms with E-state index in [1.165, 1.54) is 0 Å². The van der Waals surface area contributed by atoms with Gasteiger partial charge in [0, 0.05) is 5.41 Å². The maximum Gasteiger partial charge on any atom is 0.332 e. The average molecular weight is 191 g/mol. The molecule has 0 aliphatic rings. The minimum atomic E-state index is -1.03. The molecule has 0 amide bonds. The number of carboxylic acids is 1. The van der Waals surface area contributed by atoms with Gasteiger partial charge in [-0.2, -0.15) is 0 Å². The standard InChI is InChI=1S/C7H13NO3S/c1-7(2,3)6(12)8-11-4-5(9)10/h4H2,1-3H3,(H,8,12)(H,9,10). The van der Waals surface area contributed by atoms with Gasteiger partial charge in [0.15, 0.2) is 6.61 Å². The number of nitrogens with one attached hydrogen (secondary N) is 1. The van der Waals surface area contributed by atoms with Crippen molar-refractivity contribution in [1.82, 2.24) is 5.48 Å². The maximum atomic E-state index is 10.0. The molecule has 5 heteroatoms. The highest BCUT2D eigenvalue weighted by molar-refractivity contribution is 7.80. The molecule has 0 heterocycles. The van der Waals surface area contributed by atoms with Crippen LogP contribution in [0.15, 0.2) is 0 Å². The van der Waals surface area contributed by atoms with E-state index in [1.54, 1.807) is 0 Å². The van der Waals surface area contributed by atoms with E-state index in [0.717, 1.165) is 0 Å². The summed E-state index contributed by atoms with van der Waals surface area (Å²) in [5.74, 6) is -1.03. The van der Waals surface area contributed by atoms with Gasteiger partial charge in [-0.1, -0.05) is 33.0 Å². The normalized spacial score (nSPS) is 10.9. The first kappa shape index (κ1) is 11.3. The third-order valence-corrected chi connectivity index (χ3v) is 1.74. The van der Waals surface area contributed by atoms with Gasteiger partial charge in [0.05, 0.1) is 0 Å².